The van der Waals surface area contributed by atoms with Crippen LogP contribution >= 0.6 is 0 Å². The van der Waals surface area contributed by atoms with Crippen LogP contribution in [-0.2, 0) is 21.2 Å². The van der Waals surface area contributed by atoms with Crippen molar-refractivity contribution in [2.45, 2.75) is 57.5 Å². The molecule has 3 rings (SSSR count). The summed E-state index contributed by atoms with van der Waals surface area (Å²) in [5.74, 6) is -0.744. The van der Waals surface area contributed by atoms with E-state index < -0.39 is 27.4 Å². The molecule has 1 aromatic carbocycles. The van der Waals surface area contributed by atoms with Gasteiger partial charge in [-0.2, -0.15) is 4.31 Å². The zero-order chi connectivity index (χ0) is 17.4. The summed E-state index contributed by atoms with van der Waals surface area (Å²) in [6.07, 6.45) is 3.68. The van der Waals surface area contributed by atoms with Crippen molar-refractivity contribution in [2.75, 3.05) is 5.75 Å². The minimum atomic E-state index is -3.38. The van der Waals surface area contributed by atoms with Gasteiger partial charge in [0.05, 0.1) is 11.2 Å². The molecule has 0 amide bonds. The monoisotopic (exact) mass is 351 g/mol. The van der Waals surface area contributed by atoms with Crippen molar-refractivity contribution in [1.29, 1.82) is 0 Å². The molecule has 0 aromatic heterocycles. The van der Waals surface area contributed by atoms with Gasteiger partial charge >= 0.3 is 5.97 Å². The lowest BCUT2D eigenvalue weighted by Crippen LogP contribution is -2.46. The first-order valence-corrected chi connectivity index (χ1v) is 10.3. The Bertz CT molecular complexity index is 703. The van der Waals surface area contributed by atoms with Crippen LogP contribution in [0.25, 0.3) is 0 Å². The molecule has 2 heterocycles. The average Bonchev–Trinajstić information content (AvgIpc) is 3.11. The van der Waals surface area contributed by atoms with E-state index in [0.717, 1.165) is 18.4 Å². The Kier molecular flexibility index (Phi) is 4.71. The second-order valence-corrected chi connectivity index (χ2v) is 9.07. The predicted octanol–water partition coefficient (Wildman–Crippen LogP) is 2.67. The number of rotatable bonds is 7. The quantitative estimate of drug-likeness (QED) is 0.819. The number of nitrogens with zero attached hydrogens (tertiary/aromatic N) is 1. The second-order valence-electron chi connectivity index (χ2n) is 7.07. The molecular formula is C18H25NO4S. The van der Waals surface area contributed by atoms with E-state index in [2.05, 4.69) is 0 Å². The van der Waals surface area contributed by atoms with E-state index in [1.54, 1.807) is 4.31 Å². The Morgan fingerprint density at radius 1 is 1.29 bits per heavy atom. The maximum Gasteiger partial charge on any atom is 0.311 e. The molecule has 24 heavy (non-hydrogen) atoms. The SMILES string of the molecule is CCCCS(=O)(=O)N1[C@H]2CC[C@@H]1[C@](Cc1ccccc1)(C(=O)O)C2. The third-order valence-corrected chi connectivity index (χ3v) is 7.54. The van der Waals surface area contributed by atoms with Crippen molar-refractivity contribution in [3.8, 4) is 0 Å². The summed E-state index contributed by atoms with van der Waals surface area (Å²) < 4.78 is 27.1. The second kappa shape index (κ2) is 6.48. The normalized spacial score (nSPS) is 29.9. The van der Waals surface area contributed by atoms with Crippen LogP contribution in [0, 0.1) is 5.41 Å². The number of fused-ring (bicyclic) bond motifs is 2. The largest absolute Gasteiger partial charge is 0.481 e. The summed E-state index contributed by atoms with van der Waals surface area (Å²) in [5, 5.41) is 9.99. The van der Waals surface area contributed by atoms with Gasteiger partial charge in [-0.1, -0.05) is 43.7 Å². The fourth-order valence-electron chi connectivity index (χ4n) is 4.44. The Hall–Kier alpha value is -1.40. The van der Waals surface area contributed by atoms with Gasteiger partial charge in [-0.05, 0) is 37.7 Å². The van der Waals surface area contributed by atoms with Crippen molar-refractivity contribution in [3.63, 3.8) is 0 Å². The highest BCUT2D eigenvalue weighted by molar-refractivity contribution is 7.89. The first-order valence-electron chi connectivity index (χ1n) is 8.69. The first-order chi connectivity index (χ1) is 11.4. The average molecular weight is 351 g/mol. The molecule has 2 fully saturated rings. The molecule has 2 saturated heterocycles. The minimum Gasteiger partial charge on any atom is -0.481 e. The highest BCUT2D eigenvalue weighted by atomic mass is 32.2. The van der Waals surface area contributed by atoms with Gasteiger partial charge in [0.2, 0.25) is 10.0 Å². The topological polar surface area (TPSA) is 74.7 Å². The molecule has 3 atom stereocenters. The minimum absolute atomic E-state index is 0.123. The molecule has 0 unspecified atom stereocenters. The molecule has 0 aliphatic carbocycles. The van der Waals surface area contributed by atoms with Gasteiger partial charge in [-0.15, -0.1) is 0 Å². The summed E-state index contributed by atoms with van der Waals surface area (Å²) in [7, 11) is -3.38. The summed E-state index contributed by atoms with van der Waals surface area (Å²) >= 11 is 0. The number of sulfonamides is 1. The molecule has 2 aliphatic heterocycles. The molecule has 0 spiro atoms. The number of carboxylic acid groups (broad SMARTS) is 1. The third-order valence-electron chi connectivity index (χ3n) is 5.54. The molecule has 1 N–H and O–H groups in total. The van der Waals surface area contributed by atoms with Gasteiger partial charge in [0.25, 0.3) is 0 Å². The molecule has 0 saturated carbocycles. The number of benzene rings is 1. The van der Waals surface area contributed by atoms with E-state index in [0.29, 0.717) is 25.7 Å². The van der Waals surface area contributed by atoms with E-state index in [1.807, 2.05) is 37.3 Å². The molecule has 2 bridgehead atoms. The lowest BCUT2D eigenvalue weighted by molar-refractivity contribution is -0.150. The number of carbonyl (C=O) groups is 1. The molecule has 5 nitrogen and oxygen atoms in total. The third kappa shape index (κ3) is 2.86. The molecule has 2 aliphatic rings. The zero-order valence-electron chi connectivity index (χ0n) is 14.0. The summed E-state index contributed by atoms with van der Waals surface area (Å²) in [5.41, 5.74) is -0.0397. The maximum atomic E-state index is 12.7. The Morgan fingerprint density at radius 3 is 2.62 bits per heavy atom. The van der Waals surface area contributed by atoms with E-state index >= 15 is 0 Å². The van der Waals surface area contributed by atoms with Crippen LogP contribution in [0.3, 0.4) is 0 Å². The number of hydrogen-bond donors (Lipinski definition) is 1. The number of aliphatic carboxylic acids is 1. The van der Waals surface area contributed by atoms with Crippen LogP contribution in [-0.4, -0.2) is 41.6 Å². The molecule has 132 valence electrons. The highest BCUT2D eigenvalue weighted by Crippen LogP contribution is 2.53. The van der Waals surface area contributed by atoms with Gasteiger partial charge in [-0.25, -0.2) is 8.42 Å². The summed E-state index contributed by atoms with van der Waals surface area (Å²) in [6, 6.07) is 8.97. The number of hydrogen-bond acceptors (Lipinski definition) is 3. The fourth-order valence-corrected chi connectivity index (χ4v) is 6.63. The molecule has 6 heteroatoms. The smallest absolute Gasteiger partial charge is 0.311 e. The standard InChI is InChI=1S/C18H25NO4S/c1-2-3-11-24(22,23)19-15-9-10-16(19)18(13-15,17(20)21)12-14-7-5-4-6-8-14/h4-8,15-16H,2-3,9-13H2,1H3,(H,20,21)/t15-,16+,18+/m0/s1. The van der Waals surface area contributed by atoms with Crippen LogP contribution in [0.1, 0.15) is 44.6 Å². The van der Waals surface area contributed by atoms with Gasteiger partial charge < -0.3 is 5.11 Å². The van der Waals surface area contributed by atoms with E-state index in [4.69, 9.17) is 0 Å². The van der Waals surface area contributed by atoms with Gasteiger partial charge in [0.1, 0.15) is 0 Å². The van der Waals surface area contributed by atoms with Crippen LogP contribution < -0.4 is 0 Å². The van der Waals surface area contributed by atoms with Crippen molar-refractivity contribution in [3.05, 3.63) is 35.9 Å². The van der Waals surface area contributed by atoms with Crippen LogP contribution in [0.4, 0.5) is 0 Å². The Labute approximate surface area is 143 Å². The van der Waals surface area contributed by atoms with Crippen molar-refractivity contribution >= 4 is 16.0 Å². The van der Waals surface area contributed by atoms with Gasteiger partial charge in [0.15, 0.2) is 0 Å². The van der Waals surface area contributed by atoms with Crippen LogP contribution in [0.2, 0.25) is 0 Å². The predicted molar refractivity (Wildman–Crippen MR) is 92.2 cm³/mol. The van der Waals surface area contributed by atoms with E-state index in [-0.39, 0.29) is 11.8 Å². The fraction of sp³-hybridized carbons (Fsp3) is 0.611. The maximum absolute atomic E-state index is 12.7. The lowest BCUT2D eigenvalue weighted by atomic mass is 9.70. The Balaban J connectivity index is 1.92. The van der Waals surface area contributed by atoms with E-state index in [9.17, 15) is 18.3 Å². The lowest BCUT2D eigenvalue weighted by Gasteiger charge is -2.33. The van der Waals surface area contributed by atoms with Gasteiger partial charge in [-0.3, -0.25) is 4.79 Å². The van der Waals surface area contributed by atoms with E-state index in [1.165, 1.54) is 0 Å². The summed E-state index contributed by atoms with van der Waals surface area (Å²) in [6.45, 7) is 1.96. The number of unbranched alkanes of at least 4 members (excludes halogenated alkanes) is 1. The molecular weight excluding hydrogens is 326 g/mol. The van der Waals surface area contributed by atoms with Crippen molar-refractivity contribution in [2.24, 2.45) is 5.41 Å². The van der Waals surface area contributed by atoms with Crippen LogP contribution in [0.15, 0.2) is 30.3 Å². The molecule has 1 aromatic rings. The molecule has 0 radical (unpaired) electrons. The van der Waals surface area contributed by atoms with Gasteiger partial charge in [0, 0.05) is 12.1 Å². The zero-order valence-corrected chi connectivity index (χ0v) is 14.8. The first kappa shape index (κ1) is 17.4. The Morgan fingerprint density at radius 2 is 2.00 bits per heavy atom. The number of carboxylic acids is 1. The van der Waals surface area contributed by atoms with Crippen LogP contribution in [0.5, 0.6) is 0 Å². The highest BCUT2D eigenvalue weighted by Gasteiger charge is 2.62. The van der Waals surface area contributed by atoms with Crippen molar-refractivity contribution in [1.82, 2.24) is 4.31 Å². The summed E-state index contributed by atoms with van der Waals surface area (Å²) in [4.78, 5) is 12.2. The van der Waals surface area contributed by atoms with Crippen molar-refractivity contribution < 1.29 is 18.3 Å².